The Hall–Kier alpha value is -1.88. The summed E-state index contributed by atoms with van der Waals surface area (Å²) < 4.78 is 5.14. The van der Waals surface area contributed by atoms with Gasteiger partial charge in [0.1, 0.15) is 6.61 Å². The molecule has 1 heterocycles. The molecule has 5 nitrogen and oxygen atoms in total. The zero-order valence-corrected chi connectivity index (χ0v) is 10.0. The van der Waals surface area contributed by atoms with Crippen molar-refractivity contribution in [3.05, 3.63) is 35.9 Å². The van der Waals surface area contributed by atoms with Crippen LogP contribution in [0.1, 0.15) is 5.56 Å². The number of Topliss-reactive ketones (excluding diaryl/α,β-unsaturated/α-hetero) is 1. The number of carbonyl (C=O) groups excluding carboxylic acids is 2. The number of nitrogens with zero attached hydrogens (tertiary/aromatic N) is 1. The van der Waals surface area contributed by atoms with Gasteiger partial charge in [0.05, 0.1) is 12.5 Å². The number of carbonyl (C=O) groups is 2. The Balaban J connectivity index is 1.73. The lowest BCUT2D eigenvalue weighted by Gasteiger charge is -2.37. The zero-order valence-electron chi connectivity index (χ0n) is 10.0. The van der Waals surface area contributed by atoms with Crippen LogP contribution in [0.15, 0.2) is 30.3 Å². The molecule has 1 saturated heterocycles. The summed E-state index contributed by atoms with van der Waals surface area (Å²) in [6, 6.07) is 9.48. The minimum Gasteiger partial charge on any atom is -0.445 e. The molecule has 2 N–H and O–H groups in total. The van der Waals surface area contributed by atoms with E-state index in [2.05, 4.69) is 0 Å². The summed E-state index contributed by atoms with van der Waals surface area (Å²) in [5.74, 6) is -0.110. The minimum absolute atomic E-state index is 0.00195. The van der Waals surface area contributed by atoms with Gasteiger partial charge in [-0.25, -0.2) is 4.79 Å². The van der Waals surface area contributed by atoms with E-state index in [9.17, 15) is 9.59 Å². The molecule has 1 aromatic carbocycles. The molecule has 1 aliphatic heterocycles. The van der Waals surface area contributed by atoms with Crippen LogP contribution in [0.2, 0.25) is 0 Å². The fourth-order valence-corrected chi connectivity index (χ4v) is 1.81. The highest BCUT2D eigenvalue weighted by Crippen LogP contribution is 2.17. The van der Waals surface area contributed by atoms with Gasteiger partial charge in [0.15, 0.2) is 5.78 Å². The summed E-state index contributed by atoms with van der Waals surface area (Å²) in [7, 11) is 0. The van der Waals surface area contributed by atoms with Gasteiger partial charge in [0.25, 0.3) is 0 Å². The first kappa shape index (κ1) is 12.6. The number of hydrogen-bond donors (Lipinski definition) is 1. The Labute approximate surface area is 106 Å². The molecule has 1 aromatic rings. The normalized spacial score (nSPS) is 15.1. The molecule has 5 heteroatoms. The molecular formula is C13H16N2O3. The van der Waals surface area contributed by atoms with Crippen molar-refractivity contribution >= 4 is 11.9 Å². The second kappa shape index (κ2) is 5.64. The molecule has 1 fully saturated rings. The summed E-state index contributed by atoms with van der Waals surface area (Å²) in [6.07, 6.45) is -0.375. The molecular weight excluding hydrogens is 232 g/mol. The topological polar surface area (TPSA) is 72.6 Å². The lowest BCUT2D eigenvalue weighted by atomic mass is 9.96. The van der Waals surface area contributed by atoms with Gasteiger partial charge in [-0.1, -0.05) is 30.3 Å². The number of amides is 1. The van der Waals surface area contributed by atoms with Crippen LogP contribution in [-0.2, 0) is 16.1 Å². The highest BCUT2D eigenvalue weighted by Gasteiger charge is 2.35. The number of likely N-dealkylation sites (tertiary alicyclic amines) is 1. The maximum atomic E-state index is 11.6. The molecule has 0 aromatic heterocycles. The number of nitrogens with two attached hydrogens (primary N) is 1. The van der Waals surface area contributed by atoms with Crippen molar-refractivity contribution in [2.24, 2.45) is 11.7 Å². The average molecular weight is 248 g/mol. The van der Waals surface area contributed by atoms with E-state index in [1.165, 1.54) is 4.90 Å². The van der Waals surface area contributed by atoms with E-state index in [-0.39, 0.29) is 30.9 Å². The Bertz CT molecular complexity index is 427. The number of ketones is 1. The van der Waals surface area contributed by atoms with Crippen LogP contribution in [0.3, 0.4) is 0 Å². The quantitative estimate of drug-likeness (QED) is 0.854. The Kier molecular flexibility index (Phi) is 3.94. The molecule has 96 valence electrons. The first-order valence-corrected chi connectivity index (χ1v) is 5.89. The second-order valence-electron chi connectivity index (χ2n) is 4.31. The van der Waals surface area contributed by atoms with E-state index >= 15 is 0 Å². The maximum Gasteiger partial charge on any atom is 0.410 e. The SMILES string of the molecule is NCC(=O)C1CN(C(=O)OCc2ccccc2)C1. The summed E-state index contributed by atoms with van der Waals surface area (Å²) in [4.78, 5) is 24.4. The van der Waals surface area contributed by atoms with E-state index in [0.29, 0.717) is 13.1 Å². The second-order valence-corrected chi connectivity index (χ2v) is 4.31. The Morgan fingerprint density at radius 1 is 1.28 bits per heavy atom. The van der Waals surface area contributed by atoms with Crippen molar-refractivity contribution < 1.29 is 14.3 Å². The fourth-order valence-electron chi connectivity index (χ4n) is 1.81. The molecule has 2 rings (SSSR count). The fraction of sp³-hybridized carbons (Fsp3) is 0.385. The summed E-state index contributed by atoms with van der Waals surface area (Å²) in [5.41, 5.74) is 6.20. The van der Waals surface area contributed by atoms with E-state index < -0.39 is 0 Å². The van der Waals surface area contributed by atoms with Crippen molar-refractivity contribution in [2.75, 3.05) is 19.6 Å². The Morgan fingerprint density at radius 3 is 2.56 bits per heavy atom. The van der Waals surface area contributed by atoms with Crippen molar-refractivity contribution in [1.29, 1.82) is 0 Å². The van der Waals surface area contributed by atoms with Gasteiger partial charge in [0, 0.05) is 13.1 Å². The van der Waals surface area contributed by atoms with Crippen molar-refractivity contribution in [3.8, 4) is 0 Å². The van der Waals surface area contributed by atoms with Gasteiger partial charge in [-0.3, -0.25) is 4.79 Å². The van der Waals surface area contributed by atoms with Crippen LogP contribution >= 0.6 is 0 Å². The molecule has 0 unspecified atom stereocenters. The zero-order chi connectivity index (χ0) is 13.0. The average Bonchev–Trinajstić information content (AvgIpc) is 2.35. The minimum atomic E-state index is -0.375. The third-order valence-electron chi connectivity index (χ3n) is 3.00. The summed E-state index contributed by atoms with van der Waals surface area (Å²) in [6.45, 7) is 1.14. The lowest BCUT2D eigenvalue weighted by Crippen LogP contribution is -2.54. The van der Waals surface area contributed by atoms with E-state index in [4.69, 9.17) is 10.5 Å². The van der Waals surface area contributed by atoms with Crippen molar-refractivity contribution in [3.63, 3.8) is 0 Å². The third kappa shape index (κ3) is 2.87. The van der Waals surface area contributed by atoms with E-state index in [0.717, 1.165) is 5.56 Å². The van der Waals surface area contributed by atoms with Gasteiger partial charge in [-0.15, -0.1) is 0 Å². The van der Waals surface area contributed by atoms with Gasteiger partial charge in [-0.2, -0.15) is 0 Å². The van der Waals surface area contributed by atoms with Gasteiger partial charge in [-0.05, 0) is 5.56 Å². The molecule has 1 amide bonds. The van der Waals surface area contributed by atoms with Crippen LogP contribution in [0.4, 0.5) is 4.79 Å². The van der Waals surface area contributed by atoms with E-state index in [1.807, 2.05) is 30.3 Å². The molecule has 18 heavy (non-hydrogen) atoms. The predicted molar refractivity (Wildman–Crippen MR) is 65.8 cm³/mol. The number of rotatable bonds is 4. The largest absolute Gasteiger partial charge is 0.445 e. The summed E-state index contributed by atoms with van der Waals surface area (Å²) in [5, 5.41) is 0. The van der Waals surface area contributed by atoms with Crippen LogP contribution < -0.4 is 5.73 Å². The number of ether oxygens (including phenoxy) is 1. The van der Waals surface area contributed by atoms with Gasteiger partial charge < -0.3 is 15.4 Å². The first-order chi connectivity index (χ1) is 8.70. The smallest absolute Gasteiger partial charge is 0.410 e. The van der Waals surface area contributed by atoms with Crippen LogP contribution in [0.25, 0.3) is 0 Å². The van der Waals surface area contributed by atoms with Crippen molar-refractivity contribution in [1.82, 2.24) is 4.90 Å². The molecule has 0 aliphatic carbocycles. The predicted octanol–water partition coefficient (Wildman–Crippen LogP) is 0.783. The standard InChI is InChI=1S/C13H16N2O3/c14-6-12(16)11-7-15(8-11)13(17)18-9-10-4-2-1-3-5-10/h1-5,11H,6-9,14H2. The molecule has 0 saturated carbocycles. The van der Waals surface area contributed by atoms with Crippen molar-refractivity contribution in [2.45, 2.75) is 6.61 Å². The van der Waals surface area contributed by atoms with Gasteiger partial charge >= 0.3 is 6.09 Å². The molecule has 0 bridgehead atoms. The lowest BCUT2D eigenvalue weighted by molar-refractivity contribution is -0.125. The maximum absolute atomic E-state index is 11.6. The molecule has 0 atom stereocenters. The van der Waals surface area contributed by atoms with Crippen LogP contribution in [0, 0.1) is 5.92 Å². The van der Waals surface area contributed by atoms with Crippen LogP contribution in [0.5, 0.6) is 0 Å². The number of benzene rings is 1. The highest BCUT2D eigenvalue weighted by atomic mass is 16.6. The van der Waals surface area contributed by atoms with Crippen LogP contribution in [-0.4, -0.2) is 36.4 Å². The number of hydrogen-bond acceptors (Lipinski definition) is 4. The molecule has 0 radical (unpaired) electrons. The van der Waals surface area contributed by atoms with E-state index in [1.54, 1.807) is 0 Å². The third-order valence-corrected chi connectivity index (χ3v) is 3.00. The molecule has 0 spiro atoms. The molecule has 1 aliphatic rings. The monoisotopic (exact) mass is 248 g/mol. The first-order valence-electron chi connectivity index (χ1n) is 5.89. The highest BCUT2D eigenvalue weighted by molar-refractivity contribution is 5.85. The van der Waals surface area contributed by atoms with Gasteiger partial charge in [0.2, 0.25) is 0 Å². The Morgan fingerprint density at radius 2 is 1.94 bits per heavy atom. The summed E-state index contributed by atoms with van der Waals surface area (Å²) >= 11 is 0.